The summed E-state index contributed by atoms with van der Waals surface area (Å²) in [6.07, 6.45) is 2.09. The molecule has 0 bridgehead atoms. The Labute approximate surface area is 150 Å². The Morgan fingerprint density at radius 1 is 1.12 bits per heavy atom. The molecule has 4 heteroatoms. The second-order valence-electron chi connectivity index (χ2n) is 6.64. The van der Waals surface area contributed by atoms with Crippen LogP contribution in [-0.4, -0.2) is 25.8 Å². The molecule has 1 atom stereocenters. The van der Waals surface area contributed by atoms with Crippen LogP contribution in [-0.2, 0) is 10.0 Å². The SMILES string of the molecule is C=C(C)C1CN(S(=O)(=O)c2ccc(C)cc2)C/C1=C/c1ccccc1. The molecule has 2 aromatic carbocycles. The molecule has 1 aliphatic heterocycles. The Hall–Kier alpha value is -2.17. The van der Waals surface area contributed by atoms with Gasteiger partial charge in [-0.2, -0.15) is 4.31 Å². The van der Waals surface area contributed by atoms with Crippen molar-refractivity contribution in [1.82, 2.24) is 4.31 Å². The molecular weight excluding hydrogens is 330 g/mol. The highest BCUT2D eigenvalue weighted by Gasteiger charge is 2.35. The fourth-order valence-electron chi connectivity index (χ4n) is 3.12. The molecule has 3 nitrogen and oxygen atoms in total. The van der Waals surface area contributed by atoms with Crippen LogP contribution in [0.15, 0.2) is 77.2 Å². The quantitative estimate of drug-likeness (QED) is 0.770. The van der Waals surface area contributed by atoms with E-state index in [0.29, 0.717) is 18.0 Å². The van der Waals surface area contributed by atoms with Crippen molar-refractivity contribution in [3.8, 4) is 0 Å². The molecule has 1 fully saturated rings. The van der Waals surface area contributed by atoms with Crippen LogP contribution in [0.25, 0.3) is 6.08 Å². The number of sulfonamides is 1. The van der Waals surface area contributed by atoms with Crippen LogP contribution in [0.2, 0.25) is 0 Å². The van der Waals surface area contributed by atoms with E-state index in [2.05, 4.69) is 12.7 Å². The van der Waals surface area contributed by atoms with Crippen molar-refractivity contribution >= 4 is 16.1 Å². The van der Waals surface area contributed by atoms with E-state index >= 15 is 0 Å². The normalized spacial score (nSPS) is 20.1. The number of hydrogen-bond donors (Lipinski definition) is 0. The van der Waals surface area contributed by atoms with Gasteiger partial charge in [0.2, 0.25) is 10.0 Å². The summed E-state index contributed by atoms with van der Waals surface area (Å²) in [5.74, 6) is 0.0560. The van der Waals surface area contributed by atoms with Gasteiger partial charge in [-0.3, -0.25) is 0 Å². The Balaban J connectivity index is 1.93. The lowest BCUT2D eigenvalue weighted by molar-refractivity contribution is 0.468. The first-order valence-electron chi connectivity index (χ1n) is 8.35. The van der Waals surface area contributed by atoms with E-state index in [9.17, 15) is 8.42 Å². The highest BCUT2D eigenvalue weighted by atomic mass is 32.2. The Morgan fingerprint density at radius 3 is 2.36 bits per heavy atom. The third kappa shape index (κ3) is 3.75. The number of nitrogens with zero attached hydrogens (tertiary/aromatic N) is 1. The zero-order chi connectivity index (χ0) is 18.0. The third-order valence-corrected chi connectivity index (χ3v) is 6.42. The van der Waals surface area contributed by atoms with Crippen molar-refractivity contribution in [1.29, 1.82) is 0 Å². The molecule has 130 valence electrons. The Bertz CT molecular complexity index is 897. The lowest BCUT2D eigenvalue weighted by Crippen LogP contribution is -2.29. The summed E-state index contributed by atoms with van der Waals surface area (Å²) in [7, 11) is -3.50. The van der Waals surface area contributed by atoms with Crippen LogP contribution in [0.3, 0.4) is 0 Å². The lowest BCUT2D eigenvalue weighted by Gasteiger charge is -2.16. The molecule has 0 spiro atoms. The molecule has 0 amide bonds. The van der Waals surface area contributed by atoms with Crippen molar-refractivity contribution in [2.45, 2.75) is 18.7 Å². The van der Waals surface area contributed by atoms with Gasteiger partial charge in [0.1, 0.15) is 0 Å². The summed E-state index contributed by atoms with van der Waals surface area (Å²) in [4.78, 5) is 0.347. The van der Waals surface area contributed by atoms with E-state index in [1.54, 1.807) is 16.4 Å². The molecule has 0 N–H and O–H groups in total. The van der Waals surface area contributed by atoms with Gasteiger partial charge < -0.3 is 0 Å². The van der Waals surface area contributed by atoms with E-state index in [-0.39, 0.29) is 5.92 Å². The van der Waals surface area contributed by atoms with Crippen LogP contribution in [0.5, 0.6) is 0 Å². The molecule has 1 heterocycles. The van der Waals surface area contributed by atoms with Gasteiger partial charge in [0, 0.05) is 19.0 Å². The van der Waals surface area contributed by atoms with Crippen molar-refractivity contribution in [3.05, 3.63) is 83.4 Å². The van der Waals surface area contributed by atoms with Gasteiger partial charge >= 0.3 is 0 Å². The maximum Gasteiger partial charge on any atom is 0.243 e. The lowest BCUT2D eigenvalue weighted by atomic mass is 9.94. The third-order valence-electron chi connectivity index (χ3n) is 4.60. The zero-order valence-electron chi connectivity index (χ0n) is 14.6. The highest BCUT2D eigenvalue weighted by molar-refractivity contribution is 7.89. The van der Waals surface area contributed by atoms with E-state index in [1.807, 2.05) is 56.3 Å². The summed E-state index contributed by atoms with van der Waals surface area (Å²) in [6, 6.07) is 17.0. The molecule has 3 rings (SSSR count). The molecule has 0 saturated carbocycles. The monoisotopic (exact) mass is 353 g/mol. The molecule has 2 aromatic rings. The maximum absolute atomic E-state index is 13.0. The smallest absolute Gasteiger partial charge is 0.207 e. The summed E-state index contributed by atoms with van der Waals surface area (Å²) >= 11 is 0. The minimum atomic E-state index is -3.50. The van der Waals surface area contributed by atoms with Crippen LogP contribution in [0.1, 0.15) is 18.1 Å². The number of hydrogen-bond acceptors (Lipinski definition) is 2. The second kappa shape index (κ2) is 6.98. The van der Waals surface area contributed by atoms with Gasteiger partial charge in [-0.05, 0) is 37.1 Å². The van der Waals surface area contributed by atoms with Gasteiger partial charge in [0.05, 0.1) is 4.90 Å². The predicted octanol–water partition coefficient (Wildman–Crippen LogP) is 4.28. The van der Waals surface area contributed by atoms with Gasteiger partial charge in [0.15, 0.2) is 0 Å². The van der Waals surface area contributed by atoms with Gasteiger partial charge in [-0.1, -0.05) is 66.3 Å². The average Bonchev–Trinajstić information content (AvgIpc) is 3.01. The summed E-state index contributed by atoms with van der Waals surface area (Å²) in [5, 5.41) is 0. The van der Waals surface area contributed by atoms with Crippen molar-refractivity contribution in [2.75, 3.05) is 13.1 Å². The van der Waals surface area contributed by atoms with E-state index in [0.717, 1.165) is 22.3 Å². The molecule has 1 aliphatic rings. The minimum absolute atomic E-state index is 0.0560. The zero-order valence-corrected chi connectivity index (χ0v) is 15.5. The molecule has 1 unspecified atom stereocenters. The molecule has 0 aliphatic carbocycles. The predicted molar refractivity (Wildman–Crippen MR) is 103 cm³/mol. The minimum Gasteiger partial charge on any atom is -0.207 e. The van der Waals surface area contributed by atoms with Gasteiger partial charge in [-0.25, -0.2) is 8.42 Å². The van der Waals surface area contributed by atoms with Crippen LogP contribution in [0, 0.1) is 12.8 Å². The number of rotatable bonds is 4. The van der Waals surface area contributed by atoms with Crippen molar-refractivity contribution < 1.29 is 8.42 Å². The maximum atomic E-state index is 13.0. The first-order valence-corrected chi connectivity index (χ1v) is 9.79. The van der Waals surface area contributed by atoms with E-state index < -0.39 is 10.0 Å². The van der Waals surface area contributed by atoms with Crippen LogP contribution < -0.4 is 0 Å². The first kappa shape index (κ1) is 17.6. The Kier molecular flexibility index (Phi) is 4.93. The standard InChI is InChI=1S/C21H23NO2S/c1-16(2)21-15-22(14-19(21)13-18-7-5-4-6-8-18)25(23,24)20-11-9-17(3)10-12-20/h4-13,21H,1,14-15H2,2-3H3/b19-13-. The fraction of sp³-hybridized carbons (Fsp3) is 0.238. The fourth-order valence-corrected chi connectivity index (χ4v) is 4.57. The van der Waals surface area contributed by atoms with E-state index in [4.69, 9.17) is 0 Å². The largest absolute Gasteiger partial charge is 0.243 e. The van der Waals surface area contributed by atoms with Crippen LogP contribution in [0.4, 0.5) is 0 Å². The summed E-state index contributed by atoms with van der Waals surface area (Å²) in [6.45, 7) is 8.83. The molecule has 0 radical (unpaired) electrons. The highest BCUT2D eigenvalue weighted by Crippen LogP contribution is 2.33. The van der Waals surface area contributed by atoms with E-state index in [1.165, 1.54) is 0 Å². The van der Waals surface area contributed by atoms with Crippen molar-refractivity contribution in [2.24, 2.45) is 5.92 Å². The van der Waals surface area contributed by atoms with Crippen LogP contribution >= 0.6 is 0 Å². The number of aryl methyl sites for hydroxylation is 1. The van der Waals surface area contributed by atoms with Crippen molar-refractivity contribution in [3.63, 3.8) is 0 Å². The molecule has 0 aromatic heterocycles. The second-order valence-corrected chi connectivity index (χ2v) is 8.58. The molecular formula is C21H23NO2S. The average molecular weight is 353 g/mol. The Morgan fingerprint density at radius 2 is 1.76 bits per heavy atom. The summed E-state index contributed by atoms with van der Waals surface area (Å²) in [5.41, 5.74) is 4.21. The molecule has 1 saturated heterocycles. The van der Waals surface area contributed by atoms with Gasteiger partial charge in [0.25, 0.3) is 0 Å². The first-order chi connectivity index (χ1) is 11.9. The number of benzene rings is 2. The van der Waals surface area contributed by atoms with Gasteiger partial charge in [-0.15, -0.1) is 0 Å². The topological polar surface area (TPSA) is 37.4 Å². The summed E-state index contributed by atoms with van der Waals surface area (Å²) < 4.78 is 27.5. The molecule has 25 heavy (non-hydrogen) atoms.